The van der Waals surface area contributed by atoms with Crippen molar-refractivity contribution in [1.29, 1.82) is 0 Å². The summed E-state index contributed by atoms with van der Waals surface area (Å²) in [6, 6.07) is 6.74. The molecule has 1 aromatic carbocycles. The molecule has 2 rings (SSSR count). The third-order valence-electron chi connectivity index (χ3n) is 2.37. The first-order valence-electron chi connectivity index (χ1n) is 5.35. The van der Waals surface area contributed by atoms with Crippen molar-refractivity contribution in [1.82, 2.24) is 5.16 Å². The molecule has 1 aromatic heterocycles. The van der Waals surface area contributed by atoms with E-state index in [0.29, 0.717) is 22.9 Å². The molecule has 7 heteroatoms. The molecular weight excluding hydrogens is 268 g/mol. The Morgan fingerprint density at radius 1 is 1.53 bits per heavy atom. The smallest absolute Gasteiger partial charge is 0.358 e. The first-order valence-corrected chi connectivity index (χ1v) is 6.34. The largest absolute Gasteiger partial charge is 0.497 e. The van der Waals surface area contributed by atoms with Gasteiger partial charge in [0.15, 0.2) is 5.69 Å². The van der Waals surface area contributed by atoms with Crippen LogP contribution in [0.2, 0.25) is 0 Å². The molecule has 3 N–H and O–H groups in total. The highest BCUT2D eigenvalue weighted by Gasteiger charge is 2.11. The number of aromatic nitrogens is 1. The molecule has 0 bridgehead atoms. The van der Waals surface area contributed by atoms with Crippen LogP contribution in [-0.2, 0) is 5.75 Å². The summed E-state index contributed by atoms with van der Waals surface area (Å²) >= 11 is 1.42. The Balaban J connectivity index is 2.07. The molecule has 0 aliphatic heterocycles. The lowest BCUT2D eigenvalue weighted by atomic mass is 10.3. The van der Waals surface area contributed by atoms with Crippen molar-refractivity contribution in [2.75, 3.05) is 12.8 Å². The Labute approximate surface area is 113 Å². The lowest BCUT2D eigenvalue weighted by Gasteiger charge is -2.06. The van der Waals surface area contributed by atoms with Crippen molar-refractivity contribution >= 4 is 23.4 Å². The number of benzene rings is 1. The maximum absolute atomic E-state index is 10.7. The van der Waals surface area contributed by atoms with Gasteiger partial charge in [-0.1, -0.05) is 5.16 Å². The number of aromatic carboxylic acids is 1. The highest BCUT2D eigenvalue weighted by atomic mass is 32.2. The van der Waals surface area contributed by atoms with E-state index in [-0.39, 0.29) is 5.69 Å². The summed E-state index contributed by atoms with van der Waals surface area (Å²) in [6.45, 7) is 0. The van der Waals surface area contributed by atoms with E-state index in [9.17, 15) is 4.79 Å². The molecule has 0 atom stereocenters. The minimum Gasteiger partial charge on any atom is -0.497 e. The van der Waals surface area contributed by atoms with Crippen LogP contribution in [0.1, 0.15) is 16.2 Å². The number of thioether (sulfide) groups is 1. The Bertz CT molecular complexity index is 597. The Hall–Kier alpha value is -2.15. The summed E-state index contributed by atoms with van der Waals surface area (Å²) in [5, 5.41) is 12.2. The van der Waals surface area contributed by atoms with Gasteiger partial charge in [0.25, 0.3) is 0 Å². The highest BCUT2D eigenvalue weighted by Crippen LogP contribution is 2.31. The van der Waals surface area contributed by atoms with E-state index in [4.69, 9.17) is 20.1 Å². The molecule has 0 unspecified atom stereocenters. The van der Waals surface area contributed by atoms with Gasteiger partial charge >= 0.3 is 5.97 Å². The SMILES string of the molecule is COc1ccc(N)c(SCc2cc(C(=O)O)no2)c1. The number of carboxylic acids is 1. The second kappa shape index (κ2) is 5.66. The third-order valence-corrected chi connectivity index (χ3v) is 3.46. The van der Waals surface area contributed by atoms with E-state index >= 15 is 0 Å². The van der Waals surface area contributed by atoms with Crippen molar-refractivity contribution in [3.63, 3.8) is 0 Å². The predicted molar refractivity (Wildman–Crippen MR) is 70.4 cm³/mol. The van der Waals surface area contributed by atoms with Gasteiger partial charge in [-0.25, -0.2) is 4.79 Å². The normalized spacial score (nSPS) is 10.4. The number of methoxy groups -OCH3 is 1. The number of rotatable bonds is 5. The predicted octanol–water partition coefficient (Wildman–Crippen LogP) is 2.26. The number of carbonyl (C=O) groups is 1. The van der Waals surface area contributed by atoms with Crippen LogP contribution in [0.15, 0.2) is 33.7 Å². The molecule has 1 heterocycles. The topological polar surface area (TPSA) is 98.6 Å². The van der Waals surface area contributed by atoms with E-state index in [0.717, 1.165) is 4.90 Å². The number of anilines is 1. The maximum atomic E-state index is 10.7. The zero-order valence-corrected chi connectivity index (χ0v) is 10.9. The van der Waals surface area contributed by atoms with Crippen LogP contribution in [0.5, 0.6) is 5.75 Å². The first-order chi connectivity index (χ1) is 9.10. The summed E-state index contributed by atoms with van der Waals surface area (Å²) in [4.78, 5) is 11.5. The number of nitrogens with zero attached hydrogens (tertiary/aromatic N) is 1. The molecule has 0 saturated carbocycles. The zero-order chi connectivity index (χ0) is 13.8. The number of hydrogen-bond donors (Lipinski definition) is 2. The molecule has 0 saturated heterocycles. The summed E-state index contributed by atoms with van der Waals surface area (Å²) in [5.74, 6) is 0.517. The minimum absolute atomic E-state index is 0.103. The van der Waals surface area contributed by atoms with Gasteiger partial charge in [0.2, 0.25) is 0 Å². The quantitative estimate of drug-likeness (QED) is 0.640. The molecule has 0 fully saturated rings. The summed E-state index contributed by atoms with van der Waals surface area (Å²) in [5.41, 5.74) is 6.37. The molecule has 0 radical (unpaired) electrons. The molecular formula is C12H12N2O4S. The van der Waals surface area contributed by atoms with Gasteiger partial charge < -0.3 is 20.1 Å². The van der Waals surface area contributed by atoms with Crippen LogP contribution in [0.4, 0.5) is 5.69 Å². The maximum Gasteiger partial charge on any atom is 0.358 e. The van der Waals surface area contributed by atoms with Crippen LogP contribution in [0.25, 0.3) is 0 Å². The second-order valence-corrected chi connectivity index (χ2v) is 4.69. The fourth-order valence-electron chi connectivity index (χ4n) is 1.40. The average molecular weight is 280 g/mol. The molecule has 6 nitrogen and oxygen atoms in total. The van der Waals surface area contributed by atoms with Crippen molar-refractivity contribution in [2.24, 2.45) is 0 Å². The molecule has 0 amide bonds. The number of hydrogen-bond acceptors (Lipinski definition) is 6. The Morgan fingerprint density at radius 3 is 2.95 bits per heavy atom. The number of ether oxygens (including phenoxy) is 1. The fraction of sp³-hybridized carbons (Fsp3) is 0.167. The molecule has 0 aliphatic rings. The van der Waals surface area contributed by atoms with E-state index in [2.05, 4.69) is 5.16 Å². The summed E-state index contributed by atoms with van der Waals surface area (Å²) < 4.78 is 10.0. The van der Waals surface area contributed by atoms with Gasteiger partial charge in [-0.2, -0.15) is 0 Å². The third kappa shape index (κ3) is 3.19. The minimum atomic E-state index is -1.11. The monoisotopic (exact) mass is 280 g/mol. The van der Waals surface area contributed by atoms with Gasteiger partial charge in [-0.3, -0.25) is 0 Å². The van der Waals surface area contributed by atoms with E-state index in [1.807, 2.05) is 6.07 Å². The van der Waals surface area contributed by atoms with Gasteiger partial charge in [-0.15, -0.1) is 11.8 Å². The molecule has 100 valence electrons. The molecule has 0 aliphatic carbocycles. The van der Waals surface area contributed by atoms with E-state index in [1.165, 1.54) is 17.8 Å². The van der Waals surface area contributed by atoms with Crippen LogP contribution < -0.4 is 10.5 Å². The van der Waals surface area contributed by atoms with Crippen LogP contribution >= 0.6 is 11.8 Å². The molecule has 19 heavy (non-hydrogen) atoms. The molecule has 2 aromatic rings. The van der Waals surface area contributed by atoms with Crippen molar-refractivity contribution in [3.05, 3.63) is 35.7 Å². The second-order valence-electron chi connectivity index (χ2n) is 3.68. The van der Waals surface area contributed by atoms with Crippen molar-refractivity contribution < 1.29 is 19.2 Å². The standard InChI is InChI=1S/C12H12N2O4S/c1-17-7-2-3-9(13)11(5-7)19-6-8-4-10(12(15)16)14-18-8/h2-5H,6,13H2,1H3,(H,15,16). The molecule has 0 spiro atoms. The van der Waals surface area contributed by atoms with E-state index < -0.39 is 5.97 Å². The van der Waals surface area contributed by atoms with Gasteiger partial charge in [0.1, 0.15) is 11.5 Å². The zero-order valence-electron chi connectivity index (χ0n) is 10.1. The van der Waals surface area contributed by atoms with Crippen LogP contribution in [0, 0.1) is 0 Å². The fourth-order valence-corrected chi connectivity index (χ4v) is 2.27. The lowest BCUT2D eigenvalue weighted by Crippen LogP contribution is -1.94. The lowest BCUT2D eigenvalue weighted by molar-refractivity contribution is 0.0685. The summed E-state index contributed by atoms with van der Waals surface area (Å²) in [6.07, 6.45) is 0. The van der Waals surface area contributed by atoms with Crippen LogP contribution in [-0.4, -0.2) is 23.3 Å². The van der Waals surface area contributed by atoms with E-state index in [1.54, 1.807) is 19.2 Å². The first kappa shape index (κ1) is 13.3. The van der Waals surface area contributed by atoms with Crippen molar-refractivity contribution in [2.45, 2.75) is 10.6 Å². The number of nitrogens with two attached hydrogens (primary N) is 1. The van der Waals surface area contributed by atoms with Crippen molar-refractivity contribution in [3.8, 4) is 5.75 Å². The highest BCUT2D eigenvalue weighted by molar-refractivity contribution is 7.98. The number of nitrogen functional groups attached to an aromatic ring is 1. The number of carboxylic acid groups (broad SMARTS) is 1. The Kier molecular flexibility index (Phi) is 3.96. The van der Waals surface area contributed by atoms with Gasteiger partial charge in [-0.05, 0) is 18.2 Å². The Morgan fingerprint density at radius 2 is 2.32 bits per heavy atom. The average Bonchev–Trinajstić information content (AvgIpc) is 2.87. The van der Waals surface area contributed by atoms with Crippen LogP contribution in [0.3, 0.4) is 0 Å². The van der Waals surface area contributed by atoms with Gasteiger partial charge in [0, 0.05) is 16.6 Å². The van der Waals surface area contributed by atoms with Gasteiger partial charge in [0.05, 0.1) is 12.9 Å². The summed E-state index contributed by atoms with van der Waals surface area (Å²) in [7, 11) is 1.58.